The number of carbonyl (C=O) groups is 3. The maximum atomic E-state index is 12.9. The highest BCUT2D eigenvalue weighted by Gasteiger charge is 2.37. The highest BCUT2D eigenvalue weighted by molar-refractivity contribution is 6.01. The first kappa shape index (κ1) is 20.8. The van der Waals surface area contributed by atoms with Gasteiger partial charge in [-0.25, -0.2) is 9.59 Å². The molecule has 30 heavy (non-hydrogen) atoms. The van der Waals surface area contributed by atoms with Gasteiger partial charge in [0.05, 0.1) is 23.7 Å². The molecule has 1 amide bonds. The molecular formula is C20H18N2O8. The van der Waals surface area contributed by atoms with Gasteiger partial charge in [0.25, 0.3) is 11.6 Å². The van der Waals surface area contributed by atoms with E-state index in [1.807, 2.05) is 0 Å². The Morgan fingerprint density at radius 3 is 2.47 bits per heavy atom. The quantitative estimate of drug-likeness (QED) is 0.329. The zero-order valence-corrected chi connectivity index (χ0v) is 15.9. The standard InChI is InChI=1S/C20H18N2O8/c1-29-16-10-13(18(23)21-9-5-8-14(21)19(24)25)15(22(27)28)11-17(16)30-20(26)12-6-3-2-4-7-12/h2-4,6-7,10-11,14H,5,8-9H2,1H3,(H,24,25)/t14-/m0/s1. The van der Waals surface area contributed by atoms with Crippen molar-refractivity contribution in [2.75, 3.05) is 13.7 Å². The van der Waals surface area contributed by atoms with Crippen molar-refractivity contribution in [3.05, 3.63) is 63.7 Å². The smallest absolute Gasteiger partial charge is 0.343 e. The number of carboxylic acids is 1. The summed E-state index contributed by atoms with van der Waals surface area (Å²) in [7, 11) is 1.26. The number of rotatable bonds is 6. The van der Waals surface area contributed by atoms with Gasteiger partial charge in [-0.3, -0.25) is 14.9 Å². The SMILES string of the molecule is COc1cc(C(=O)N2CCC[C@H]2C(=O)O)c([N+](=O)[O-])cc1OC(=O)c1ccccc1. The summed E-state index contributed by atoms with van der Waals surface area (Å²) in [5.74, 6) is -3.03. The van der Waals surface area contributed by atoms with E-state index in [0.717, 1.165) is 17.0 Å². The van der Waals surface area contributed by atoms with Crippen LogP contribution in [0.15, 0.2) is 42.5 Å². The second-order valence-electron chi connectivity index (χ2n) is 6.53. The summed E-state index contributed by atoms with van der Waals surface area (Å²) < 4.78 is 10.4. The highest BCUT2D eigenvalue weighted by Crippen LogP contribution is 2.36. The maximum Gasteiger partial charge on any atom is 0.343 e. The Morgan fingerprint density at radius 1 is 1.17 bits per heavy atom. The second kappa shape index (κ2) is 8.60. The van der Waals surface area contributed by atoms with Crippen LogP contribution >= 0.6 is 0 Å². The molecular weight excluding hydrogens is 396 g/mol. The molecule has 1 N–H and O–H groups in total. The normalized spacial score (nSPS) is 15.5. The molecule has 0 spiro atoms. The minimum Gasteiger partial charge on any atom is -0.493 e. The van der Waals surface area contributed by atoms with E-state index >= 15 is 0 Å². The molecule has 10 nitrogen and oxygen atoms in total. The second-order valence-corrected chi connectivity index (χ2v) is 6.53. The lowest BCUT2D eigenvalue weighted by Crippen LogP contribution is -2.40. The van der Waals surface area contributed by atoms with E-state index in [1.165, 1.54) is 19.2 Å². The molecule has 156 valence electrons. The van der Waals surface area contributed by atoms with Crippen LogP contribution in [-0.4, -0.2) is 52.5 Å². The Kier molecular flexibility index (Phi) is 5.95. The van der Waals surface area contributed by atoms with Gasteiger partial charge in [-0.2, -0.15) is 0 Å². The molecule has 0 bridgehead atoms. The predicted octanol–water partition coefficient (Wildman–Crippen LogP) is 2.51. The molecule has 1 aliphatic heterocycles. The van der Waals surface area contributed by atoms with Crippen molar-refractivity contribution in [2.24, 2.45) is 0 Å². The van der Waals surface area contributed by atoms with E-state index in [1.54, 1.807) is 18.2 Å². The minimum absolute atomic E-state index is 0.0701. The summed E-state index contributed by atoms with van der Waals surface area (Å²) in [6, 6.07) is 8.97. The third-order valence-electron chi connectivity index (χ3n) is 4.72. The predicted molar refractivity (Wildman–Crippen MR) is 103 cm³/mol. The van der Waals surface area contributed by atoms with E-state index in [2.05, 4.69) is 0 Å². The van der Waals surface area contributed by atoms with Crippen molar-refractivity contribution in [3.63, 3.8) is 0 Å². The average Bonchev–Trinajstić information content (AvgIpc) is 3.23. The topological polar surface area (TPSA) is 136 Å². The van der Waals surface area contributed by atoms with Crippen LogP contribution in [0, 0.1) is 10.1 Å². The van der Waals surface area contributed by atoms with Crippen LogP contribution < -0.4 is 9.47 Å². The fraction of sp³-hybridized carbons (Fsp3) is 0.250. The van der Waals surface area contributed by atoms with Crippen molar-refractivity contribution in [1.29, 1.82) is 0 Å². The zero-order valence-electron chi connectivity index (χ0n) is 15.9. The molecule has 1 aliphatic rings. The first-order valence-electron chi connectivity index (χ1n) is 9.01. The van der Waals surface area contributed by atoms with E-state index in [9.17, 15) is 29.6 Å². The molecule has 1 heterocycles. The zero-order chi connectivity index (χ0) is 21.8. The summed E-state index contributed by atoms with van der Waals surface area (Å²) in [5.41, 5.74) is -0.735. The summed E-state index contributed by atoms with van der Waals surface area (Å²) in [5, 5.41) is 20.9. The molecule has 1 fully saturated rings. The molecule has 2 aromatic carbocycles. The minimum atomic E-state index is -1.18. The molecule has 0 aliphatic carbocycles. The molecule has 0 radical (unpaired) electrons. The Labute approximate surface area is 170 Å². The van der Waals surface area contributed by atoms with Crippen LogP contribution in [0.5, 0.6) is 11.5 Å². The van der Waals surface area contributed by atoms with Crippen molar-refractivity contribution in [2.45, 2.75) is 18.9 Å². The fourth-order valence-electron chi connectivity index (χ4n) is 3.27. The number of hydrogen-bond donors (Lipinski definition) is 1. The summed E-state index contributed by atoms with van der Waals surface area (Å²) in [4.78, 5) is 48.5. The molecule has 3 rings (SSSR count). The van der Waals surface area contributed by atoms with Crippen LogP contribution in [0.25, 0.3) is 0 Å². The number of benzene rings is 2. The van der Waals surface area contributed by atoms with Gasteiger partial charge in [-0.05, 0) is 25.0 Å². The van der Waals surface area contributed by atoms with Crippen molar-refractivity contribution >= 4 is 23.5 Å². The summed E-state index contributed by atoms with van der Waals surface area (Å²) >= 11 is 0. The van der Waals surface area contributed by atoms with Gasteiger partial charge < -0.3 is 19.5 Å². The lowest BCUT2D eigenvalue weighted by atomic mass is 10.1. The molecule has 2 aromatic rings. The van der Waals surface area contributed by atoms with Gasteiger partial charge in [0.15, 0.2) is 11.5 Å². The van der Waals surface area contributed by atoms with E-state index in [4.69, 9.17) is 9.47 Å². The number of likely N-dealkylation sites (tertiary alicyclic amines) is 1. The Balaban J connectivity index is 1.99. The fourth-order valence-corrected chi connectivity index (χ4v) is 3.27. The van der Waals surface area contributed by atoms with Gasteiger partial charge >= 0.3 is 11.9 Å². The van der Waals surface area contributed by atoms with Crippen LogP contribution in [0.1, 0.15) is 33.6 Å². The van der Waals surface area contributed by atoms with Gasteiger partial charge in [-0.1, -0.05) is 18.2 Å². The number of hydrogen-bond acceptors (Lipinski definition) is 7. The summed E-state index contributed by atoms with van der Waals surface area (Å²) in [6.07, 6.45) is 0.735. The monoisotopic (exact) mass is 414 g/mol. The number of nitro benzene ring substituents is 1. The molecule has 1 atom stereocenters. The Bertz CT molecular complexity index is 1010. The number of nitrogens with zero attached hydrogens (tertiary/aromatic N) is 2. The van der Waals surface area contributed by atoms with Crippen molar-refractivity contribution in [3.8, 4) is 11.5 Å². The molecule has 1 saturated heterocycles. The number of amides is 1. The number of carbonyl (C=O) groups excluding carboxylic acids is 2. The third kappa shape index (κ3) is 4.07. The van der Waals surface area contributed by atoms with Crippen molar-refractivity contribution < 1.29 is 33.9 Å². The third-order valence-corrected chi connectivity index (χ3v) is 4.72. The van der Waals surface area contributed by atoms with E-state index in [0.29, 0.717) is 6.42 Å². The number of carboxylic acid groups (broad SMARTS) is 1. The number of esters is 1. The summed E-state index contributed by atoms with van der Waals surface area (Å²) in [6.45, 7) is 0.167. The van der Waals surface area contributed by atoms with Crippen LogP contribution in [0.4, 0.5) is 5.69 Å². The van der Waals surface area contributed by atoms with Gasteiger partial charge in [0.2, 0.25) is 0 Å². The Morgan fingerprint density at radius 2 is 1.87 bits per heavy atom. The number of aliphatic carboxylic acids is 1. The maximum absolute atomic E-state index is 12.9. The largest absolute Gasteiger partial charge is 0.493 e. The first-order valence-corrected chi connectivity index (χ1v) is 9.01. The lowest BCUT2D eigenvalue weighted by Gasteiger charge is -2.22. The molecule has 10 heteroatoms. The highest BCUT2D eigenvalue weighted by atomic mass is 16.6. The number of methoxy groups -OCH3 is 1. The van der Waals surface area contributed by atoms with Crippen molar-refractivity contribution in [1.82, 2.24) is 4.90 Å². The van der Waals surface area contributed by atoms with E-state index < -0.39 is 34.5 Å². The molecule has 0 aromatic heterocycles. The first-order chi connectivity index (χ1) is 14.3. The van der Waals surface area contributed by atoms with Gasteiger partial charge in [-0.15, -0.1) is 0 Å². The van der Waals surface area contributed by atoms with Crippen LogP contribution in [-0.2, 0) is 4.79 Å². The van der Waals surface area contributed by atoms with Crippen LogP contribution in [0.3, 0.4) is 0 Å². The Hall–Kier alpha value is -3.95. The number of nitro groups is 1. The number of ether oxygens (including phenoxy) is 2. The lowest BCUT2D eigenvalue weighted by molar-refractivity contribution is -0.385. The average molecular weight is 414 g/mol. The van der Waals surface area contributed by atoms with Gasteiger partial charge in [0.1, 0.15) is 11.6 Å². The van der Waals surface area contributed by atoms with E-state index in [-0.39, 0.29) is 35.6 Å². The van der Waals surface area contributed by atoms with Crippen LogP contribution in [0.2, 0.25) is 0 Å². The molecule has 0 unspecified atom stereocenters. The van der Waals surface area contributed by atoms with Gasteiger partial charge in [0, 0.05) is 12.6 Å². The molecule has 0 saturated carbocycles.